The molecule has 1 amide bonds. The van der Waals surface area contributed by atoms with Gasteiger partial charge in [0.25, 0.3) is 5.91 Å². The fourth-order valence-electron chi connectivity index (χ4n) is 2.82. The van der Waals surface area contributed by atoms with Crippen molar-refractivity contribution in [2.24, 2.45) is 7.05 Å². The molecule has 1 aliphatic rings. The Bertz CT molecular complexity index is 776. The number of hydrogen-bond donors (Lipinski definition) is 2. The first-order valence-electron chi connectivity index (χ1n) is 7.35. The number of fused-ring (bicyclic) bond motifs is 1. The Hall–Kier alpha value is -2.34. The van der Waals surface area contributed by atoms with E-state index >= 15 is 0 Å². The molecule has 0 saturated carbocycles. The minimum Gasteiger partial charge on any atom is -0.398 e. The SMILES string of the molecule is Cn1cc(C(=O)NCC2CCCO2)c(=O)c2c(N)cccc21. The van der Waals surface area contributed by atoms with E-state index < -0.39 is 0 Å². The van der Waals surface area contributed by atoms with Crippen molar-refractivity contribution in [1.82, 2.24) is 9.88 Å². The minimum absolute atomic E-state index is 0.0401. The molecule has 3 N–H and O–H groups in total. The summed E-state index contributed by atoms with van der Waals surface area (Å²) in [6.07, 6.45) is 3.53. The Morgan fingerprint density at radius 1 is 1.50 bits per heavy atom. The monoisotopic (exact) mass is 301 g/mol. The number of benzene rings is 1. The van der Waals surface area contributed by atoms with Gasteiger partial charge in [-0.25, -0.2) is 0 Å². The first-order chi connectivity index (χ1) is 10.6. The van der Waals surface area contributed by atoms with E-state index in [4.69, 9.17) is 10.5 Å². The number of rotatable bonds is 3. The topological polar surface area (TPSA) is 86.4 Å². The lowest BCUT2D eigenvalue weighted by molar-refractivity contribution is 0.0856. The lowest BCUT2D eigenvalue weighted by Crippen LogP contribution is -2.35. The Morgan fingerprint density at radius 2 is 2.32 bits per heavy atom. The molecule has 1 saturated heterocycles. The van der Waals surface area contributed by atoms with E-state index in [9.17, 15) is 9.59 Å². The van der Waals surface area contributed by atoms with Crippen LogP contribution in [0.5, 0.6) is 0 Å². The number of nitrogens with two attached hydrogens (primary N) is 1. The lowest BCUT2D eigenvalue weighted by atomic mass is 10.1. The van der Waals surface area contributed by atoms with Crippen LogP contribution in [-0.4, -0.2) is 29.7 Å². The zero-order valence-corrected chi connectivity index (χ0v) is 12.5. The lowest BCUT2D eigenvalue weighted by Gasteiger charge is -2.13. The molecule has 1 aromatic carbocycles. The number of nitrogens with one attached hydrogen (secondary N) is 1. The van der Waals surface area contributed by atoms with Crippen LogP contribution in [0, 0.1) is 0 Å². The van der Waals surface area contributed by atoms with E-state index in [1.54, 1.807) is 36.0 Å². The molecule has 1 aromatic heterocycles. The molecule has 1 aliphatic heterocycles. The first-order valence-corrected chi connectivity index (χ1v) is 7.35. The van der Waals surface area contributed by atoms with Crippen LogP contribution >= 0.6 is 0 Å². The predicted molar refractivity (Wildman–Crippen MR) is 84.9 cm³/mol. The van der Waals surface area contributed by atoms with Gasteiger partial charge in [0.15, 0.2) is 0 Å². The summed E-state index contributed by atoms with van der Waals surface area (Å²) in [6.45, 7) is 1.15. The van der Waals surface area contributed by atoms with Crippen molar-refractivity contribution in [3.63, 3.8) is 0 Å². The number of amides is 1. The molecule has 6 nitrogen and oxygen atoms in total. The highest BCUT2D eigenvalue weighted by Crippen LogP contribution is 2.17. The van der Waals surface area contributed by atoms with Crippen molar-refractivity contribution in [2.75, 3.05) is 18.9 Å². The number of carbonyl (C=O) groups is 1. The quantitative estimate of drug-likeness (QED) is 0.829. The predicted octanol–water partition coefficient (Wildman–Crippen LogP) is 1.03. The summed E-state index contributed by atoms with van der Waals surface area (Å²) < 4.78 is 7.21. The number of ether oxygens (including phenoxy) is 1. The van der Waals surface area contributed by atoms with Gasteiger partial charge in [-0.1, -0.05) is 6.07 Å². The van der Waals surface area contributed by atoms with Gasteiger partial charge < -0.3 is 20.4 Å². The van der Waals surface area contributed by atoms with Crippen LogP contribution < -0.4 is 16.5 Å². The van der Waals surface area contributed by atoms with E-state index in [1.807, 2.05) is 0 Å². The average molecular weight is 301 g/mol. The second-order valence-electron chi connectivity index (χ2n) is 5.57. The van der Waals surface area contributed by atoms with Crippen molar-refractivity contribution in [2.45, 2.75) is 18.9 Å². The maximum absolute atomic E-state index is 12.6. The van der Waals surface area contributed by atoms with Gasteiger partial charge in [0.1, 0.15) is 5.56 Å². The molecule has 3 rings (SSSR count). The standard InChI is InChI=1S/C16H19N3O3/c1-19-9-11(16(21)18-8-10-4-3-7-22-10)15(20)14-12(17)5-2-6-13(14)19/h2,5-6,9-10H,3-4,7-8,17H2,1H3,(H,18,21). The van der Waals surface area contributed by atoms with Gasteiger partial charge in [0, 0.05) is 32.1 Å². The maximum Gasteiger partial charge on any atom is 0.256 e. The molecule has 22 heavy (non-hydrogen) atoms. The van der Waals surface area contributed by atoms with Gasteiger partial charge in [-0.3, -0.25) is 9.59 Å². The fraction of sp³-hybridized carbons (Fsp3) is 0.375. The van der Waals surface area contributed by atoms with E-state index in [-0.39, 0.29) is 23.0 Å². The third-order valence-electron chi connectivity index (χ3n) is 4.01. The maximum atomic E-state index is 12.6. The Balaban J connectivity index is 1.93. The zero-order chi connectivity index (χ0) is 15.7. The summed E-state index contributed by atoms with van der Waals surface area (Å²) in [4.78, 5) is 24.9. The molecular weight excluding hydrogens is 282 g/mol. The molecule has 6 heteroatoms. The van der Waals surface area contributed by atoms with Gasteiger partial charge in [-0.05, 0) is 25.0 Å². The van der Waals surface area contributed by atoms with Crippen LogP contribution in [0.15, 0.2) is 29.2 Å². The Labute approximate surface area is 127 Å². The van der Waals surface area contributed by atoms with E-state index in [0.29, 0.717) is 23.1 Å². The average Bonchev–Trinajstić information content (AvgIpc) is 3.01. The van der Waals surface area contributed by atoms with Crippen LogP contribution in [0.25, 0.3) is 10.9 Å². The molecule has 0 bridgehead atoms. The van der Waals surface area contributed by atoms with Gasteiger partial charge in [-0.15, -0.1) is 0 Å². The number of anilines is 1. The van der Waals surface area contributed by atoms with Gasteiger partial charge in [0.05, 0.1) is 17.0 Å². The van der Waals surface area contributed by atoms with Crippen molar-refractivity contribution < 1.29 is 9.53 Å². The number of nitrogens with zero attached hydrogens (tertiary/aromatic N) is 1. The largest absolute Gasteiger partial charge is 0.398 e. The molecule has 1 fully saturated rings. The van der Waals surface area contributed by atoms with E-state index in [0.717, 1.165) is 19.4 Å². The number of hydrogen-bond acceptors (Lipinski definition) is 4. The number of aromatic nitrogens is 1. The Kier molecular flexibility index (Phi) is 3.85. The minimum atomic E-state index is -0.388. The summed E-state index contributed by atoms with van der Waals surface area (Å²) in [5.41, 5.74) is 6.76. The zero-order valence-electron chi connectivity index (χ0n) is 12.5. The molecule has 2 aromatic rings. The second-order valence-corrected chi connectivity index (χ2v) is 5.57. The van der Waals surface area contributed by atoms with E-state index in [1.165, 1.54) is 0 Å². The fourth-order valence-corrected chi connectivity index (χ4v) is 2.82. The third kappa shape index (κ3) is 2.57. The van der Waals surface area contributed by atoms with E-state index in [2.05, 4.69) is 5.32 Å². The van der Waals surface area contributed by atoms with Crippen molar-refractivity contribution in [3.05, 3.63) is 40.2 Å². The highest BCUT2D eigenvalue weighted by Gasteiger charge is 2.19. The number of nitrogen functional groups attached to an aromatic ring is 1. The Morgan fingerprint density at radius 3 is 3.05 bits per heavy atom. The second kappa shape index (κ2) is 5.81. The summed E-state index contributed by atoms with van der Waals surface area (Å²) in [6, 6.07) is 5.26. The molecule has 116 valence electrons. The molecule has 0 spiro atoms. The summed E-state index contributed by atoms with van der Waals surface area (Å²) in [5.74, 6) is -0.388. The van der Waals surface area contributed by atoms with Gasteiger partial charge in [0.2, 0.25) is 5.43 Å². The van der Waals surface area contributed by atoms with Gasteiger partial charge >= 0.3 is 0 Å². The summed E-state index contributed by atoms with van der Waals surface area (Å²) >= 11 is 0. The normalized spacial score (nSPS) is 17.8. The number of pyridine rings is 1. The van der Waals surface area contributed by atoms with Crippen LogP contribution in [-0.2, 0) is 11.8 Å². The third-order valence-corrected chi connectivity index (χ3v) is 4.01. The van der Waals surface area contributed by atoms with Crippen LogP contribution in [0.2, 0.25) is 0 Å². The molecule has 0 aliphatic carbocycles. The molecule has 1 atom stereocenters. The highest BCUT2D eigenvalue weighted by molar-refractivity contribution is 6.00. The molecule has 1 unspecified atom stereocenters. The summed E-state index contributed by atoms with van der Waals surface area (Å²) in [7, 11) is 1.79. The molecule has 0 radical (unpaired) electrons. The number of carbonyl (C=O) groups excluding carboxylic acids is 1. The van der Waals surface area contributed by atoms with Crippen molar-refractivity contribution in [3.8, 4) is 0 Å². The molecule has 2 heterocycles. The van der Waals surface area contributed by atoms with Crippen LogP contribution in [0.4, 0.5) is 5.69 Å². The van der Waals surface area contributed by atoms with Crippen LogP contribution in [0.1, 0.15) is 23.2 Å². The number of aryl methyl sites for hydroxylation is 1. The van der Waals surface area contributed by atoms with Gasteiger partial charge in [-0.2, -0.15) is 0 Å². The highest BCUT2D eigenvalue weighted by atomic mass is 16.5. The molecular formula is C16H19N3O3. The van der Waals surface area contributed by atoms with Crippen molar-refractivity contribution in [1.29, 1.82) is 0 Å². The van der Waals surface area contributed by atoms with Crippen molar-refractivity contribution >= 4 is 22.5 Å². The summed E-state index contributed by atoms with van der Waals surface area (Å²) in [5, 5.41) is 3.16. The first kappa shape index (κ1) is 14.6. The smallest absolute Gasteiger partial charge is 0.256 e. The van der Waals surface area contributed by atoms with Crippen LogP contribution in [0.3, 0.4) is 0 Å².